The summed E-state index contributed by atoms with van der Waals surface area (Å²) >= 11 is 0. The first-order valence-corrected chi connectivity index (χ1v) is 7.21. The zero-order valence-electron chi connectivity index (χ0n) is 13.7. The Bertz CT molecular complexity index is 526. The van der Waals surface area contributed by atoms with Gasteiger partial charge < -0.3 is 19.9 Å². The van der Waals surface area contributed by atoms with Crippen LogP contribution in [0.25, 0.3) is 0 Å². The standard InChI is InChI=1S/C16H24FNO4/c1-6-10(18-15(20)22-16(2,3)4)9-11-13(21-5)8-7-12(19)14(11)17/h7-8,10,19H,6,9H2,1-5H3,(H,18,20). The van der Waals surface area contributed by atoms with Gasteiger partial charge in [0.05, 0.1) is 7.11 Å². The van der Waals surface area contributed by atoms with Crippen LogP contribution in [0.3, 0.4) is 0 Å². The molecule has 124 valence electrons. The van der Waals surface area contributed by atoms with E-state index in [4.69, 9.17) is 9.47 Å². The molecule has 0 radical (unpaired) electrons. The fraction of sp³-hybridized carbons (Fsp3) is 0.562. The van der Waals surface area contributed by atoms with Gasteiger partial charge in [-0.3, -0.25) is 0 Å². The number of halogens is 1. The summed E-state index contributed by atoms with van der Waals surface area (Å²) in [6, 6.07) is 2.40. The molecule has 0 saturated carbocycles. The maximum absolute atomic E-state index is 14.1. The van der Waals surface area contributed by atoms with Crippen LogP contribution in [-0.4, -0.2) is 30.0 Å². The van der Waals surface area contributed by atoms with Gasteiger partial charge >= 0.3 is 6.09 Å². The van der Waals surface area contributed by atoms with Crippen molar-refractivity contribution in [1.29, 1.82) is 0 Å². The molecule has 0 saturated heterocycles. The molecular weight excluding hydrogens is 289 g/mol. The van der Waals surface area contributed by atoms with Crippen LogP contribution in [-0.2, 0) is 11.2 Å². The SMILES string of the molecule is CCC(Cc1c(OC)ccc(O)c1F)NC(=O)OC(C)(C)C. The molecule has 1 unspecified atom stereocenters. The second-order valence-corrected chi connectivity index (χ2v) is 6.04. The van der Waals surface area contributed by atoms with Gasteiger partial charge in [0.25, 0.3) is 0 Å². The number of rotatable bonds is 5. The molecule has 0 aliphatic rings. The van der Waals surface area contributed by atoms with Gasteiger partial charge in [-0.15, -0.1) is 0 Å². The van der Waals surface area contributed by atoms with E-state index in [1.54, 1.807) is 20.8 Å². The van der Waals surface area contributed by atoms with Crippen molar-refractivity contribution in [3.8, 4) is 11.5 Å². The first-order valence-electron chi connectivity index (χ1n) is 7.21. The summed E-state index contributed by atoms with van der Waals surface area (Å²) in [7, 11) is 1.43. The van der Waals surface area contributed by atoms with Gasteiger partial charge in [0.1, 0.15) is 11.4 Å². The van der Waals surface area contributed by atoms with E-state index in [1.165, 1.54) is 19.2 Å². The number of carbonyl (C=O) groups is 1. The lowest BCUT2D eigenvalue weighted by Gasteiger charge is -2.23. The average Bonchev–Trinajstić information content (AvgIpc) is 2.41. The summed E-state index contributed by atoms with van der Waals surface area (Å²) in [6.45, 7) is 7.18. The van der Waals surface area contributed by atoms with Gasteiger partial charge in [-0.05, 0) is 45.7 Å². The van der Waals surface area contributed by atoms with Crippen LogP contribution in [0, 0.1) is 5.82 Å². The maximum atomic E-state index is 14.1. The minimum Gasteiger partial charge on any atom is -0.505 e. The first kappa shape index (κ1) is 18.1. The Kier molecular flexibility index (Phi) is 6.02. The molecule has 0 aromatic heterocycles. The van der Waals surface area contributed by atoms with Crippen molar-refractivity contribution in [2.75, 3.05) is 7.11 Å². The van der Waals surface area contributed by atoms with Crippen molar-refractivity contribution in [2.24, 2.45) is 0 Å². The second-order valence-electron chi connectivity index (χ2n) is 6.04. The number of nitrogens with one attached hydrogen (secondary N) is 1. The minimum absolute atomic E-state index is 0.194. The number of methoxy groups -OCH3 is 1. The Hall–Kier alpha value is -1.98. The molecule has 0 bridgehead atoms. The summed E-state index contributed by atoms with van der Waals surface area (Å²) in [6.07, 6.45) is 0.218. The summed E-state index contributed by atoms with van der Waals surface area (Å²) in [5.41, 5.74) is -0.374. The number of hydrogen-bond acceptors (Lipinski definition) is 4. The second kappa shape index (κ2) is 7.33. The zero-order valence-corrected chi connectivity index (χ0v) is 13.7. The number of benzene rings is 1. The van der Waals surface area contributed by atoms with Crippen LogP contribution in [0.1, 0.15) is 39.7 Å². The largest absolute Gasteiger partial charge is 0.505 e. The van der Waals surface area contributed by atoms with Crippen LogP contribution in [0.4, 0.5) is 9.18 Å². The van der Waals surface area contributed by atoms with Crippen molar-refractivity contribution in [2.45, 2.75) is 52.2 Å². The monoisotopic (exact) mass is 313 g/mol. The predicted molar refractivity (Wildman–Crippen MR) is 81.8 cm³/mol. The van der Waals surface area contributed by atoms with E-state index in [9.17, 15) is 14.3 Å². The van der Waals surface area contributed by atoms with Gasteiger partial charge in [0.15, 0.2) is 11.6 Å². The molecule has 0 aliphatic heterocycles. The highest BCUT2D eigenvalue weighted by Gasteiger charge is 2.22. The first-order chi connectivity index (χ1) is 10.2. The number of alkyl carbamates (subject to hydrolysis) is 1. The summed E-state index contributed by atoms with van der Waals surface area (Å²) in [5.74, 6) is -0.841. The molecule has 1 amide bonds. The van der Waals surface area contributed by atoms with Crippen LogP contribution in [0.5, 0.6) is 11.5 Å². The molecule has 0 fully saturated rings. The topological polar surface area (TPSA) is 67.8 Å². The quantitative estimate of drug-likeness (QED) is 0.874. The Morgan fingerprint density at radius 2 is 2.05 bits per heavy atom. The van der Waals surface area contributed by atoms with E-state index in [0.29, 0.717) is 12.2 Å². The lowest BCUT2D eigenvalue weighted by atomic mass is 10.0. The molecule has 2 N–H and O–H groups in total. The summed E-state index contributed by atoms with van der Waals surface area (Å²) in [5, 5.41) is 12.2. The normalized spacial score (nSPS) is 12.6. The van der Waals surface area contributed by atoms with Crippen LogP contribution >= 0.6 is 0 Å². The number of carbonyl (C=O) groups excluding carboxylic acids is 1. The van der Waals surface area contributed by atoms with E-state index < -0.39 is 23.3 Å². The van der Waals surface area contributed by atoms with Gasteiger partial charge in [0, 0.05) is 11.6 Å². The molecule has 1 rings (SSSR count). The molecule has 0 spiro atoms. The molecule has 1 aromatic rings. The molecular formula is C16H24FNO4. The molecule has 0 heterocycles. The zero-order chi connectivity index (χ0) is 16.9. The Morgan fingerprint density at radius 1 is 1.41 bits per heavy atom. The lowest BCUT2D eigenvalue weighted by Crippen LogP contribution is -2.40. The highest BCUT2D eigenvalue weighted by Crippen LogP contribution is 2.29. The number of phenolic OH excluding ortho intramolecular Hbond substituents is 1. The number of aromatic hydroxyl groups is 1. The van der Waals surface area contributed by atoms with Gasteiger partial charge in [-0.1, -0.05) is 6.92 Å². The number of hydrogen-bond donors (Lipinski definition) is 2. The lowest BCUT2D eigenvalue weighted by molar-refractivity contribution is 0.0502. The molecule has 1 atom stereocenters. The van der Waals surface area contributed by atoms with Crippen LogP contribution in [0.2, 0.25) is 0 Å². The van der Waals surface area contributed by atoms with Crippen LogP contribution in [0.15, 0.2) is 12.1 Å². The van der Waals surface area contributed by atoms with E-state index in [0.717, 1.165) is 0 Å². The van der Waals surface area contributed by atoms with E-state index >= 15 is 0 Å². The third-order valence-corrected chi connectivity index (χ3v) is 3.06. The van der Waals surface area contributed by atoms with Crippen LogP contribution < -0.4 is 10.1 Å². The molecule has 6 heteroatoms. The fourth-order valence-corrected chi connectivity index (χ4v) is 1.99. The Labute approximate surface area is 130 Å². The van der Waals surface area contributed by atoms with Crippen molar-refractivity contribution < 1.29 is 23.8 Å². The average molecular weight is 313 g/mol. The van der Waals surface area contributed by atoms with E-state index in [2.05, 4.69) is 5.32 Å². The Morgan fingerprint density at radius 3 is 2.55 bits per heavy atom. The third-order valence-electron chi connectivity index (χ3n) is 3.06. The highest BCUT2D eigenvalue weighted by molar-refractivity contribution is 5.68. The summed E-state index contributed by atoms with van der Waals surface area (Å²) < 4.78 is 24.4. The maximum Gasteiger partial charge on any atom is 0.407 e. The van der Waals surface area contributed by atoms with Crippen molar-refractivity contribution in [1.82, 2.24) is 5.32 Å². The van der Waals surface area contributed by atoms with E-state index in [-0.39, 0.29) is 18.0 Å². The molecule has 0 aliphatic carbocycles. The Balaban J connectivity index is 2.87. The molecule has 5 nitrogen and oxygen atoms in total. The van der Waals surface area contributed by atoms with Gasteiger partial charge in [-0.2, -0.15) is 0 Å². The number of amides is 1. The van der Waals surface area contributed by atoms with Gasteiger partial charge in [-0.25, -0.2) is 9.18 Å². The van der Waals surface area contributed by atoms with Gasteiger partial charge in [0.2, 0.25) is 0 Å². The molecule has 1 aromatic carbocycles. The van der Waals surface area contributed by atoms with E-state index in [1.807, 2.05) is 6.92 Å². The number of phenols is 1. The third kappa shape index (κ3) is 5.09. The predicted octanol–water partition coefficient (Wildman–Crippen LogP) is 3.39. The minimum atomic E-state index is -0.733. The smallest absolute Gasteiger partial charge is 0.407 e. The fourth-order valence-electron chi connectivity index (χ4n) is 1.99. The molecule has 22 heavy (non-hydrogen) atoms. The van der Waals surface area contributed by atoms with Crippen molar-refractivity contribution >= 4 is 6.09 Å². The van der Waals surface area contributed by atoms with Crippen molar-refractivity contribution in [3.63, 3.8) is 0 Å². The summed E-state index contributed by atoms with van der Waals surface area (Å²) in [4.78, 5) is 11.8. The highest BCUT2D eigenvalue weighted by atomic mass is 19.1. The number of ether oxygens (including phenoxy) is 2. The van der Waals surface area contributed by atoms with Crippen molar-refractivity contribution in [3.05, 3.63) is 23.5 Å².